The summed E-state index contributed by atoms with van der Waals surface area (Å²) in [6.07, 6.45) is 7.58. The molecule has 0 N–H and O–H groups in total. The van der Waals surface area contributed by atoms with Gasteiger partial charge in [-0.15, -0.1) is 0 Å². The summed E-state index contributed by atoms with van der Waals surface area (Å²) < 4.78 is 3.22. The van der Waals surface area contributed by atoms with Crippen LogP contribution in [0.15, 0.2) is 48.5 Å². The van der Waals surface area contributed by atoms with Crippen LogP contribution in [-0.4, -0.2) is 4.57 Å². The van der Waals surface area contributed by atoms with Gasteiger partial charge >= 0.3 is 152 Å². The molecule has 0 bridgehead atoms. The Labute approximate surface area is 161 Å². The summed E-state index contributed by atoms with van der Waals surface area (Å²) in [4.78, 5) is 0. The van der Waals surface area contributed by atoms with Crippen molar-refractivity contribution < 1.29 is 33.8 Å². The average Bonchev–Trinajstić information content (AvgIpc) is 3.11. The van der Waals surface area contributed by atoms with E-state index in [2.05, 4.69) is 59.2 Å². The SMILES string of the molecule is F.F.[Hf][C@@H]1C(n2c3c(c4ccccc42)CCCC3)=Cc2ccccc21. The van der Waals surface area contributed by atoms with E-state index in [1.165, 1.54) is 53.4 Å². The molecule has 2 aromatic carbocycles. The Bertz CT molecular complexity index is 958. The Balaban J connectivity index is 0.000000911. The van der Waals surface area contributed by atoms with Crippen molar-refractivity contribution in [3.05, 3.63) is 70.9 Å². The van der Waals surface area contributed by atoms with Gasteiger partial charge in [0.2, 0.25) is 0 Å². The van der Waals surface area contributed by atoms with Gasteiger partial charge in [-0.2, -0.15) is 0 Å². The first kappa shape index (κ1) is 18.2. The molecule has 0 radical (unpaired) electrons. The maximum atomic E-state index is 2.61. The number of rotatable bonds is 1. The van der Waals surface area contributed by atoms with Gasteiger partial charge in [-0.05, 0) is 0 Å². The normalized spacial score (nSPS) is 17.9. The fourth-order valence-electron chi connectivity index (χ4n) is 4.29. The van der Waals surface area contributed by atoms with Crippen molar-refractivity contribution in [2.24, 2.45) is 0 Å². The molecule has 0 saturated heterocycles. The van der Waals surface area contributed by atoms with Gasteiger partial charge in [-0.25, -0.2) is 0 Å². The molecule has 0 unspecified atom stereocenters. The molecule has 1 aromatic heterocycles. The molecule has 25 heavy (non-hydrogen) atoms. The van der Waals surface area contributed by atoms with Crippen LogP contribution in [0.2, 0.25) is 0 Å². The molecule has 3 aromatic rings. The zero-order valence-corrected chi connectivity index (χ0v) is 17.5. The van der Waals surface area contributed by atoms with E-state index in [-0.39, 0.29) is 9.41 Å². The Morgan fingerprint density at radius 2 is 1.60 bits per heavy atom. The van der Waals surface area contributed by atoms with E-state index < -0.39 is 0 Å². The van der Waals surface area contributed by atoms with Gasteiger partial charge in [0.1, 0.15) is 0 Å². The molecular weight excluding hydrogens is 483 g/mol. The molecule has 4 heteroatoms. The molecule has 2 aliphatic rings. The number of allylic oxidation sites excluding steroid dienone is 1. The molecular formula is C21H20F2HfN. The molecule has 1 atom stereocenters. The molecule has 5 rings (SSSR count). The summed E-state index contributed by atoms with van der Waals surface area (Å²) in [6.45, 7) is 0. The molecule has 0 aliphatic heterocycles. The van der Waals surface area contributed by atoms with Gasteiger partial charge < -0.3 is 0 Å². The van der Waals surface area contributed by atoms with Gasteiger partial charge in [0.15, 0.2) is 0 Å². The third kappa shape index (κ3) is 2.66. The second-order valence-electron chi connectivity index (χ2n) is 6.62. The molecule has 0 fully saturated rings. The first-order valence-corrected chi connectivity index (χ1v) is 10.6. The van der Waals surface area contributed by atoms with Crippen LogP contribution < -0.4 is 0 Å². The zero-order valence-electron chi connectivity index (χ0n) is 13.9. The number of nitrogens with zero attached hydrogens (tertiary/aromatic N) is 1. The van der Waals surface area contributed by atoms with Crippen LogP contribution in [0.4, 0.5) is 9.41 Å². The summed E-state index contributed by atoms with van der Waals surface area (Å²) >= 11 is 1.16. The van der Waals surface area contributed by atoms with Gasteiger partial charge in [-0.1, -0.05) is 0 Å². The van der Waals surface area contributed by atoms with Gasteiger partial charge in [0.25, 0.3) is 0 Å². The van der Waals surface area contributed by atoms with Crippen LogP contribution in [0, 0.1) is 0 Å². The van der Waals surface area contributed by atoms with Crippen LogP contribution in [0.3, 0.4) is 0 Å². The van der Waals surface area contributed by atoms with Crippen LogP contribution in [-0.2, 0) is 37.2 Å². The quantitative estimate of drug-likeness (QED) is 0.391. The van der Waals surface area contributed by atoms with E-state index in [1.807, 2.05) is 0 Å². The van der Waals surface area contributed by atoms with Crippen molar-refractivity contribution >= 4 is 22.7 Å². The maximum absolute atomic E-state index is 2.61. The average molecular weight is 503 g/mol. The Kier molecular flexibility index (Phi) is 5.10. The summed E-state index contributed by atoms with van der Waals surface area (Å²) in [5.74, 6) is 0. The molecule has 2 aliphatic carbocycles. The van der Waals surface area contributed by atoms with E-state index in [0.29, 0.717) is 3.67 Å². The summed E-state index contributed by atoms with van der Waals surface area (Å²) in [7, 11) is 0. The van der Waals surface area contributed by atoms with E-state index in [1.54, 1.807) is 11.3 Å². The summed E-state index contributed by atoms with van der Waals surface area (Å²) in [5, 5.41) is 1.48. The number of hydrogen-bond acceptors (Lipinski definition) is 0. The number of para-hydroxylation sites is 1. The van der Waals surface area contributed by atoms with Crippen LogP contribution in [0.1, 0.15) is 38.9 Å². The third-order valence-electron chi connectivity index (χ3n) is 5.34. The molecule has 0 saturated carbocycles. The summed E-state index contributed by atoms with van der Waals surface area (Å²) in [6, 6.07) is 17.9. The number of aryl methyl sites for hydroxylation is 1. The Hall–Kier alpha value is -1.55. The zero-order chi connectivity index (χ0) is 15.4. The monoisotopic (exact) mass is 504 g/mol. The minimum atomic E-state index is 0. The van der Waals surface area contributed by atoms with Crippen molar-refractivity contribution in [3.8, 4) is 0 Å². The van der Waals surface area contributed by atoms with Crippen molar-refractivity contribution in [1.82, 2.24) is 4.57 Å². The van der Waals surface area contributed by atoms with Gasteiger partial charge in [0.05, 0.1) is 0 Å². The second kappa shape index (κ2) is 6.99. The minimum absolute atomic E-state index is 0. The first-order chi connectivity index (χ1) is 11.3. The van der Waals surface area contributed by atoms with Gasteiger partial charge in [-0.3, -0.25) is 9.41 Å². The number of halogens is 2. The molecule has 127 valence electrons. The van der Waals surface area contributed by atoms with Gasteiger partial charge in [0, 0.05) is 0 Å². The number of aromatic nitrogens is 1. The fraction of sp³-hybridized carbons (Fsp3) is 0.238. The van der Waals surface area contributed by atoms with E-state index in [0.717, 1.165) is 24.4 Å². The number of benzene rings is 2. The number of hydrogen-bond donors (Lipinski definition) is 0. The van der Waals surface area contributed by atoms with Crippen molar-refractivity contribution in [2.75, 3.05) is 0 Å². The van der Waals surface area contributed by atoms with E-state index in [9.17, 15) is 0 Å². The second-order valence-corrected chi connectivity index (χ2v) is 8.69. The van der Waals surface area contributed by atoms with Crippen LogP contribution in [0.5, 0.6) is 0 Å². The van der Waals surface area contributed by atoms with Crippen LogP contribution in [0.25, 0.3) is 22.7 Å². The van der Waals surface area contributed by atoms with Crippen molar-refractivity contribution in [3.63, 3.8) is 0 Å². The van der Waals surface area contributed by atoms with E-state index in [4.69, 9.17) is 0 Å². The molecule has 1 nitrogen and oxygen atoms in total. The van der Waals surface area contributed by atoms with E-state index >= 15 is 0 Å². The van der Waals surface area contributed by atoms with Crippen molar-refractivity contribution in [2.45, 2.75) is 29.4 Å². The van der Waals surface area contributed by atoms with Crippen molar-refractivity contribution in [1.29, 1.82) is 0 Å². The number of fused-ring (bicyclic) bond motifs is 4. The predicted octanol–water partition coefficient (Wildman–Crippen LogP) is 5.42. The summed E-state index contributed by atoms with van der Waals surface area (Å²) in [5.41, 5.74) is 9.06. The third-order valence-corrected chi connectivity index (χ3v) is 7.52. The van der Waals surface area contributed by atoms with Crippen LogP contribution >= 0.6 is 0 Å². The topological polar surface area (TPSA) is 4.93 Å². The molecule has 1 heterocycles. The predicted molar refractivity (Wildman–Crippen MR) is 96.9 cm³/mol. The Morgan fingerprint density at radius 3 is 2.44 bits per heavy atom. The standard InChI is InChI=1S/C21H18N.2FH.Hf/c1-2-8-16-14-17(13-15(16)7-1)22-20-11-5-3-9-18(20)19-10-4-6-12-21(19)22;;;/h1-3,5,7-9,11,13-14H,4,6,10,12H2;2*1H;. The fourth-order valence-corrected chi connectivity index (χ4v) is 6.00. The Morgan fingerprint density at radius 1 is 0.880 bits per heavy atom. The first-order valence-electron chi connectivity index (χ1n) is 8.48. The molecule has 0 amide bonds. The molecule has 0 spiro atoms.